The van der Waals surface area contributed by atoms with Gasteiger partial charge in [-0.05, 0) is 94.8 Å². The van der Waals surface area contributed by atoms with E-state index in [2.05, 4.69) is 58.4 Å². The van der Waals surface area contributed by atoms with Gasteiger partial charge in [0, 0.05) is 42.0 Å². The highest BCUT2D eigenvalue weighted by molar-refractivity contribution is 5.84. The van der Waals surface area contributed by atoms with E-state index in [0.29, 0.717) is 12.0 Å². The summed E-state index contributed by atoms with van der Waals surface area (Å²) in [5.41, 5.74) is 2.01. The van der Waals surface area contributed by atoms with Crippen LogP contribution in [0, 0.1) is 11.3 Å². The Morgan fingerprint density at radius 2 is 1.77 bits per heavy atom. The number of nitrogens with zero attached hydrogens (tertiary/aromatic N) is 3. The molecule has 1 spiro atoms. The normalized spacial score (nSPS) is 37.5. The van der Waals surface area contributed by atoms with Gasteiger partial charge in [-0.3, -0.25) is 9.88 Å². The fourth-order valence-corrected chi connectivity index (χ4v) is 9.58. The zero-order valence-electron chi connectivity index (χ0n) is 23.7. The van der Waals surface area contributed by atoms with E-state index in [4.69, 9.17) is 4.98 Å². The molecule has 1 unspecified atom stereocenters. The maximum Gasteiger partial charge on any atom is 0.0994 e. The summed E-state index contributed by atoms with van der Waals surface area (Å²) in [5, 5.41) is 15.5. The van der Waals surface area contributed by atoms with Gasteiger partial charge in [0.05, 0.1) is 11.3 Å². The third kappa shape index (κ3) is 4.71. The Bertz CT molecular complexity index is 1230. The summed E-state index contributed by atoms with van der Waals surface area (Å²) in [4.78, 5) is 10.6. The smallest absolute Gasteiger partial charge is 0.0994 e. The molecule has 1 aliphatic carbocycles. The van der Waals surface area contributed by atoms with E-state index in [9.17, 15) is 5.11 Å². The van der Waals surface area contributed by atoms with E-state index in [0.717, 1.165) is 32.4 Å². The summed E-state index contributed by atoms with van der Waals surface area (Å²) < 4.78 is 0. The average Bonchev–Trinajstić information content (AvgIpc) is 3.22. The van der Waals surface area contributed by atoms with E-state index < -0.39 is 5.60 Å². The summed E-state index contributed by atoms with van der Waals surface area (Å²) in [6, 6.07) is 11.7. The minimum Gasteiger partial charge on any atom is -0.384 e. The molecule has 2 aromatic rings. The third-order valence-electron chi connectivity index (χ3n) is 11.1. The molecule has 7 rings (SSSR count). The lowest BCUT2D eigenvalue weighted by Gasteiger charge is -2.58. The maximum atomic E-state index is 12.9. The summed E-state index contributed by atoms with van der Waals surface area (Å²) in [5.74, 6) is 0.536. The Labute approximate surface area is 235 Å². The molecule has 4 aliphatic heterocycles. The highest BCUT2D eigenvalue weighted by Gasteiger charge is 2.65. The van der Waals surface area contributed by atoms with E-state index in [1.165, 1.54) is 99.3 Å². The Morgan fingerprint density at radius 3 is 2.74 bits per heavy atom. The number of aliphatic hydroxyl groups is 1. The van der Waals surface area contributed by atoms with Crippen LogP contribution in [-0.4, -0.2) is 63.8 Å². The molecule has 1 aromatic heterocycles. The van der Waals surface area contributed by atoms with Gasteiger partial charge in [-0.25, -0.2) is 0 Å². The molecule has 4 nitrogen and oxygen atoms in total. The molecule has 5 heterocycles. The monoisotopic (exact) mass is 525 g/mol. The first-order valence-corrected chi connectivity index (χ1v) is 16.1. The topological polar surface area (TPSA) is 39.6 Å². The molecule has 1 N–H and O–H groups in total. The second kappa shape index (κ2) is 10.8. The van der Waals surface area contributed by atoms with Crippen LogP contribution >= 0.6 is 0 Å². The van der Waals surface area contributed by atoms with Crippen LogP contribution < -0.4 is 0 Å². The molecule has 39 heavy (non-hydrogen) atoms. The Morgan fingerprint density at radius 1 is 0.897 bits per heavy atom. The van der Waals surface area contributed by atoms with Crippen molar-refractivity contribution in [3.05, 3.63) is 66.0 Å². The van der Waals surface area contributed by atoms with Gasteiger partial charge in [0.15, 0.2) is 0 Å². The summed E-state index contributed by atoms with van der Waals surface area (Å²) in [7, 11) is 0. The number of piperidine rings is 1. The largest absolute Gasteiger partial charge is 0.384 e. The molecular weight excluding hydrogens is 478 g/mol. The van der Waals surface area contributed by atoms with Crippen LogP contribution in [-0.2, 0) is 6.42 Å². The van der Waals surface area contributed by atoms with Crippen LogP contribution in [0.2, 0.25) is 0 Å². The molecule has 5 aliphatic rings. The SMILES string of the molecule is O[C@]12C=C(Cc3nccc4ccccc34)[C@@H]3CCN(CCCCC=CCC1)C[C@@]31C[C@@H]3CCCCCCN3[C@H]12. The van der Waals surface area contributed by atoms with E-state index >= 15 is 0 Å². The number of benzene rings is 1. The van der Waals surface area contributed by atoms with Crippen molar-refractivity contribution in [1.82, 2.24) is 14.8 Å². The van der Waals surface area contributed by atoms with E-state index in [1.54, 1.807) is 0 Å². The van der Waals surface area contributed by atoms with Crippen LogP contribution in [0.1, 0.15) is 82.7 Å². The summed E-state index contributed by atoms with van der Waals surface area (Å²) in [6.07, 6.45) is 24.7. The van der Waals surface area contributed by atoms with Gasteiger partial charge in [0.25, 0.3) is 0 Å². The Kier molecular flexibility index (Phi) is 7.15. The quantitative estimate of drug-likeness (QED) is 0.444. The standard InChI is InChI=1S/C35H47N3O/c39-35-18-10-4-1-2-5-11-20-37-22-17-31(28(24-35)23-32-30-15-9-8-13-27(30)16-19-36-32)34(26-37)25-29-14-7-3-6-12-21-38(29)33(34)35/h1,4,8-9,13,15-16,19,24,29,31,33,39H,2-3,5-7,10-12,14,17-18,20-23,25-26H2/t29-,31-,33+,34-,35-/m0/s1. The molecule has 4 heteroatoms. The van der Waals surface area contributed by atoms with Crippen LogP contribution in [0.5, 0.6) is 0 Å². The Balaban J connectivity index is 1.35. The van der Waals surface area contributed by atoms with Crippen molar-refractivity contribution in [3.8, 4) is 0 Å². The fourth-order valence-electron chi connectivity index (χ4n) is 9.58. The third-order valence-corrected chi connectivity index (χ3v) is 11.1. The molecule has 1 aromatic carbocycles. The minimum atomic E-state index is -0.786. The molecule has 3 bridgehead atoms. The molecule has 208 valence electrons. The number of fused-ring (bicyclic) bond motifs is 3. The molecule has 6 atom stereocenters. The molecule has 0 saturated carbocycles. The predicted octanol–water partition coefficient (Wildman–Crippen LogP) is 6.68. The van der Waals surface area contributed by atoms with E-state index in [1.807, 2.05) is 6.20 Å². The first-order chi connectivity index (χ1) is 19.2. The van der Waals surface area contributed by atoms with Gasteiger partial charge in [0.2, 0.25) is 0 Å². The molecule has 0 amide bonds. The van der Waals surface area contributed by atoms with Gasteiger partial charge in [-0.1, -0.05) is 67.3 Å². The van der Waals surface area contributed by atoms with Crippen molar-refractivity contribution >= 4 is 10.8 Å². The number of pyridine rings is 1. The van der Waals surface area contributed by atoms with Crippen molar-refractivity contribution in [3.63, 3.8) is 0 Å². The molecular formula is C35H47N3O. The highest BCUT2D eigenvalue weighted by Crippen LogP contribution is 2.60. The van der Waals surface area contributed by atoms with Crippen molar-refractivity contribution in [1.29, 1.82) is 0 Å². The summed E-state index contributed by atoms with van der Waals surface area (Å²) >= 11 is 0. The fraction of sp³-hybridized carbons (Fsp3) is 0.629. The predicted molar refractivity (Wildman–Crippen MR) is 160 cm³/mol. The van der Waals surface area contributed by atoms with Gasteiger partial charge in [-0.2, -0.15) is 0 Å². The zero-order valence-corrected chi connectivity index (χ0v) is 23.7. The van der Waals surface area contributed by atoms with Gasteiger partial charge >= 0.3 is 0 Å². The molecule has 3 saturated heterocycles. The van der Waals surface area contributed by atoms with Crippen molar-refractivity contribution in [2.75, 3.05) is 26.2 Å². The van der Waals surface area contributed by atoms with Crippen molar-refractivity contribution in [2.24, 2.45) is 11.3 Å². The number of rotatable bonds is 2. The van der Waals surface area contributed by atoms with Gasteiger partial charge in [0.1, 0.15) is 0 Å². The molecule has 3 fully saturated rings. The van der Waals surface area contributed by atoms with E-state index in [-0.39, 0.29) is 11.5 Å². The average molecular weight is 526 g/mol. The second-order valence-electron chi connectivity index (χ2n) is 13.4. The summed E-state index contributed by atoms with van der Waals surface area (Å²) in [6.45, 7) is 4.72. The first kappa shape index (κ1) is 25.9. The second-order valence-corrected chi connectivity index (χ2v) is 13.4. The number of allylic oxidation sites excluding steroid dienone is 3. The van der Waals surface area contributed by atoms with Crippen LogP contribution in [0.3, 0.4) is 0 Å². The van der Waals surface area contributed by atoms with Crippen LogP contribution in [0.4, 0.5) is 0 Å². The lowest BCUT2D eigenvalue weighted by molar-refractivity contribution is -0.0983. The van der Waals surface area contributed by atoms with Gasteiger partial charge < -0.3 is 10.0 Å². The Hall–Kier alpha value is -2.01. The first-order valence-electron chi connectivity index (χ1n) is 16.1. The maximum absolute atomic E-state index is 12.9. The number of hydrogen-bond donors (Lipinski definition) is 1. The van der Waals surface area contributed by atoms with Crippen molar-refractivity contribution in [2.45, 2.75) is 101 Å². The number of aromatic nitrogens is 1. The van der Waals surface area contributed by atoms with Crippen molar-refractivity contribution < 1.29 is 5.11 Å². The highest BCUT2D eigenvalue weighted by atomic mass is 16.3. The molecule has 0 radical (unpaired) electrons. The lowest BCUT2D eigenvalue weighted by atomic mass is 9.54. The van der Waals surface area contributed by atoms with Crippen LogP contribution in [0.25, 0.3) is 10.8 Å². The number of hydrogen-bond acceptors (Lipinski definition) is 4. The minimum absolute atomic E-state index is 0.133. The van der Waals surface area contributed by atoms with Gasteiger partial charge in [-0.15, -0.1) is 0 Å². The lowest BCUT2D eigenvalue weighted by Crippen LogP contribution is -2.66. The zero-order chi connectivity index (χ0) is 26.3. The van der Waals surface area contributed by atoms with Crippen LogP contribution in [0.15, 0.2) is 60.3 Å².